The van der Waals surface area contributed by atoms with Crippen LogP contribution in [-0.4, -0.2) is 29.3 Å². The second-order valence-corrected chi connectivity index (χ2v) is 4.43. The molecule has 0 spiro atoms. The maximum Gasteiger partial charge on any atom is 0.333 e. The number of aromatic nitrogens is 1. The van der Waals surface area contributed by atoms with Gasteiger partial charge in [-0.1, -0.05) is 19.9 Å². The van der Waals surface area contributed by atoms with Gasteiger partial charge in [0.2, 0.25) is 0 Å². The number of hydrogen-bond donors (Lipinski definition) is 1. The number of rotatable bonds is 4. The Hall–Kier alpha value is -1.42. The largest absolute Gasteiger partial charge is 0.479 e. The summed E-state index contributed by atoms with van der Waals surface area (Å²) >= 11 is 0. The molecule has 0 aliphatic rings. The van der Waals surface area contributed by atoms with Crippen LogP contribution < -0.4 is 0 Å². The van der Waals surface area contributed by atoms with Crippen LogP contribution >= 0.6 is 0 Å². The fourth-order valence-corrected chi connectivity index (χ4v) is 1.76. The molecule has 4 nitrogen and oxygen atoms in total. The Labute approximate surface area is 95.3 Å². The highest BCUT2D eigenvalue weighted by Crippen LogP contribution is 2.29. The van der Waals surface area contributed by atoms with Gasteiger partial charge in [-0.15, -0.1) is 0 Å². The normalized spacial score (nSPS) is 13.5. The van der Waals surface area contributed by atoms with E-state index in [-0.39, 0.29) is 0 Å². The number of hydrogen-bond acceptors (Lipinski definition) is 3. The molecule has 0 aromatic carbocycles. The Morgan fingerprint density at radius 3 is 2.56 bits per heavy atom. The van der Waals surface area contributed by atoms with Crippen molar-refractivity contribution in [2.75, 3.05) is 7.11 Å². The Morgan fingerprint density at radius 2 is 2.12 bits per heavy atom. The molecule has 1 N–H and O–H groups in total. The molecule has 0 bridgehead atoms. The molecule has 1 aromatic rings. The van der Waals surface area contributed by atoms with Crippen LogP contribution in [0.25, 0.3) is 0 Å². The Bertz CT molecular complexity index is 388. The van der Waals surface area contributed by atoms with Gasteiger partial charge in [0.15, 0.2) is 6.10 Å². The van der Waals surface area contributed by atoms with Crippen LogP contribution in [0.15, 0.2) is 18.5 Å². The minimum Gasteiger partial charge on any atom is -0.479 e. The van der Waals surface area contributed by atoms with Gasteiger partial charge in [0.25, 0.3) is 0 Å². The summed E-state index contributed by atoms with van der Waals surface area (Å²) in [6.07, 6.45) is 2.54. The number of nitrogens with zero attached hydrogens (tertiary/aromatic N) is 1. The van der Waals surface area contributed by atoms with Crippen molar-refractivity contribution >= 4 is 5.97 Å². The predicted octanol–water partition coefficient (Wildman–Crippen LogP) is 1.77. The molecule has 16 heavy (non-hydrogen) atoms. The van der Waals surface area contributed by atoms with Gasteiger partial charge in [-0.25, -0.2) is 4.79 Å². The predicted molar refractivity (Wildman–Crippen MR) is 60.4 cm³/mol. The first-order valence-electron chi connectivity index (χ1n) is 5.07. The minimum atomic E-state index is -0.964. The molecule has 1 aromatic heterocycles. The third-order valence-corrected chi connectivity index (χ3v) is 2.73. The molecule has 0 saturated heterocycles. The van der Waals surface area contributed by atoms with Crippen molar-refractivity contribution in [3.8, 4) is 0 Å². The first-order valence-corrected chi connectivity index (χ1v) is 5.07. The van der Waals surface area contributed by atoms with E-state index in [1.165, 1.54) is 7.11 Å². The molecule has 0 radical (unpaired) electrons. The lowest BCUT2D eigenvalue weighted by molar-refractivity contribution is -0.152. The first kappa shape index (κ1) is 12.6. The summed E-state index contributed by atoms with van der Waals surface area (Å²) in [5.41, 5.74) is 1.26. The van der Waals surface area contributed by atoms with Gasteiger partial charge in [0.05, 0.1) is 0 Å². The molecule has 88 valence electrons. The zero-order valence-electron chi connectivity index (χ0n) is 10.0. The van der Waals surface area contributed by atoms with Crippen molar-refractivity contribution in [1.82, 2.24) is 4.98 Å². The highest BCUT2D eigenvalue weighted by atomic mass is 16.5. The van der Waals surface area contributed by atoms with Crippen molar-refractivity contribution in [2.24, 2.45) is 0 Å². The topological polar surface area (TPSA) is 59.4 Å². The number of carbonyl (C=O) groups is 1. The van der Waals surface area contributed by atoms with Crippen LogP contribution in [0.4, 0.5) is 0 Å². The summed E-state index contributed by atoms with van der Waals surface area (Å²) in [4.78, 5) is 15.2. The van der Waals surface area contributed by atoms with Gasteiger partial charge in [0.1, 0.15) is 0 Å². The number of aryl methyl sites for hydroxylation is 1. The number of methoxy groups -OCH3 is 1. The second kappa shape index (κ2) is 4.61. The zero-order chi connectivity index (χ0) is 12.3. The Kier molecular flexibility index (Phi) is 3.65. The number of ether oxygens (including phenoxy) is 1. The lowest BCUT2D eigenvalue weighted by Gasteiger charge is -2.30. The van der Waals surface area contributed by atoms with E-state index < -0.39 is 17.5 Å². The molecule has 0 saturated carbocycles. The molecule has 4 heteroatoms. The second-order valence-electron chi connectivity index (χ2n) is 4.43. The van der Waals surface area contributed by atoms with Gasteiger partial charge in [-0.3, -0.25) is 4.98 Å². The number of carboxylic acid groups (broad SMARTS) is 1. The van der Waals surface area contributed by atoms with E-state index in [4.69, 9.17) is 9.84 Å². The molecular formula is C12H17NO3. The minimum absolute atomic E-state index is 0.612. The quantitative estimate of drug-likeness (QED) is 0.845. The van der Waals surface area contributed by atoms with E-state index in [1.807, 2.05) is 26.8 Å². The fraction of sp³-hybridized carbons (Fsp3) is 0.500. The van der Waals surface area contributed by atoms with Gasteiger partial charge in [-0.2, -0.15) is 0 Å². The van der Waals surface area contributed by atoms with E-state index in [9.17, 15) is 4.79 Å². The summed E-state index contributed by atoms with van der Waals surface area (Å²) in [6.45, 7) is 5.60. The van der Waals surface area contributed by atoms with Gasteiger partial charge in [-0.05, 0) is 18.1 Å². The molecule has 1 rings (SSSR count). The SMILES string of the molecule is COC(C(=O)O)C(C)(C)c1cncc(C)c1. The lowest BCUT2D eigenvalue weighted by atomic mass is 9.79. The molecule has 1 atom stereocenters. The zero-order valence-corrected chi connectivity index (χ0v) is 10.0. The molecular weight excluding hydrogens is 206 g/mol. The summed E-state index contributed by atoms with van der Waals surface area (Å²) in [7, 11) is 1.41. The molecule has 0 aliphatic carbocycles. The van der Waals surface area contributed by atoms with E-state index >= 15 is 0 Å². The molecule has 1 unspecified atom stereocenters. The van der Waals surface area contributed by atoms with Crippen LogP contribution in [0.1, 0.15) is 25.0 Å². The molecule has 0 fully saturated rings. The smallest absolute Gasteiger partial charge is 0.333 e. The van der Waals surface area contributed by atoms with Crippen LogP contribution in [0, 0.1) is 6.92 Å². The monoisotopic (exact) mass is 223 g/mol. The van der Waals surface area contributed by atoms with Gasteiger partial charge < -0.3 is 9.84 Å². The third-order valence-electron chi connectivity index (χ3n) is 2.73. The fourth-order valence-electron chi connectivity index (χ4n) is 1.76. The van der Waals surface area contributed by atoms with E-state index in [0.717, 1.165) is 11.1 Å². The van der Waals surface area contributed by atoms with E-state index in [0.29, 0.717) is 0 Å². The maximum absolute atomic E-state index is 11.1. The van der Waals surface area contributed by atoms with Gasteiger partial charge >= 0.3 is 5.97 Å². The van der Waals surface area contributed by atoms with Crippen LogP contribution in [-0.2, 0) is 14.9 Å². The maximum atomic E-state index is 11.1. The average molecular weight is 223 g/mol. The molecule has 1 heterocycles. The Balaban J connectivity index is 3.13. The van der Waals surface area contributed by atoms with E-state index in [1.54, 1.807) is 12.4 Å². The first-order chi connectivity index (χ1) is 7.39. The van der Waals surface area contributed by atoms with Crippen LogP contribution in [0.5, 0.6) is 0 Å². The number of aliphatic carboxylic acids is 1. The number of pyridine rings is 1. The summed E-state index contributed by atoms with van der Waals surface area (Å²) in [6, 6.07) is 1.93. The number of carboxylic acids is 1. The highest BCUT2D eigenvalue weighted by molar-refractivity contribution is 5.74. The van der Waals surface area contributed by atoms with Crippen molar-refractivity contribution in [2.45, 2.75) is 32.3 Å². The lowest BCUT2D eigenvalue weighted by Crippen LogP contribution is -2.41. The summed E-state index contributed by atoms with van der Waals surface area (Å²) in [5, 5.41) is 9.09. The standard InChI is InChI=1S/C12H17NO3/c1-8-5-9(7-13-6-8)12(2,3)10(16-4)11(14)15/h5-7,10H,1-4H3,(H,14,15). The summed E-state index contributed by atoms with van der Waals surface area (Å²) in [5.74, 6) is -0.964. The van der Waals surface area contributed by atoms with Crippen molar-refractivity contribution < 1.29 is 14.6 Å². The van der Waals surface area contributed by atoms with Gasteiger partial charge in [0, 0.05) is 24.9 Å². The van der Waals surface area contributed by atoms with Crippen LogP contribution in [0.3, 0.4) is 0 Å². The third kappa shape index (κ3) is 2.39. The van der Waals surface area contributed by atoms with Crippen molar-refractivity contribution in [3.63, 3.8) is 0 Å². The Morgan fingerprint density at radius 1 is 1.50 bits per heavy atom. The highest BCUT2D eigenvalue weighted by Gasteiger charge is 2.37. The molecule has 0 amide bonds. The average Bonchev–Trinajstić information content (AvgIpc) is 2.17. The van der Waals surface area contributed by atoms with E-state index in [2.05, 4.69) is 4.98 Å². The van der Waals surface area contributed by atoms with Crippen molar-refractivity contribution in [1.29, 1.82) is 0 Å². The van der Waals surface area contributed by atoms with Crippen molar-refractivity contribution in [3.05, 3.63) is 29.6 Å². The summed E-state index contributed by atoms with van der Waals surface area (Å²) < 4.78 is 5.04. The molecule has 0 aliphatic heterocycles. The van der Waals surface area contributed by atoms with Crippen LogP contribution in [0.2, 0.25) is 0 Å².